The molecular formula is C27H26BrF2N7O3S. The Morgan fingerprint density at radius 2 is 1.80 bits per heavy atom. The summed E-state index contributed by atoms with van der Waals surface area (Å²) in [5.74, 6) is -3.02. The number of nitrogens with zero attached hydrogens (tertiary/aromatic N) is 6. The van der Waals surface area contributed by atoms with Gasteiger partial charge in [-0.3, -0.25) is 4.79 Å². The molecule has 10 nitrogen and oxygen atoms in total. The summed E-state index contributed by atoms with van der Waals surface area (Å²) < 4.78 is 57.2. The second kappa shape index (κ2) is 11.7. The normalized spacial score (nSPS) is 16.6. The summed E-state index contributed by atoms with van der Waals surface area (Å²) in [5.41, 5.74) is 1.38. The van der Waals surface area contributed by atoms with E-state index in [-0.39, 0.29) is 43.1 Å². The Balaban J connectivity index is 1.40. The quantitative estimate of drug-likeness (QED) is 0.306. The van der Waals surface area contributed by atoms with Gasteiger partial charge in [-0.1, -0.05) is 47.1 Å². The first-order chi connectivity index (χ1) is 19.6. The molecule has 1 aliphatic rings. The number of rotatable bonds is 8. The van der Waals surface area contributed by atoms with Gasteiger partial charge in [-0.25, -0.2) is 37.1 Å². The predicted molar refractivity (Wildman–Crippen MR) is 152 cm³/mol. The van der Waals surface area contributed by atoms with E-state index in [1.54, 1.807) is 17.0 Å². The first-order valence-electron chi connectivity index (χ1n) is 12.8. The number of piperazine rings is 1. The first-order valence-corrected chi connectivity index (χ1v) is 15.0. The lowest BCUT2D eigenvalue weighted by Gasteiger charge is -2.40. The van der Waals surface area contributed by atoms with Crippen LogP contribution < -0.4 is 10.2 Å². The molecule has 0 bridgehead atoms. The fourth-order valence-corrected chi connectivity index (χ4v) is 6.34. The second-order valence-electron chi connectivity index (χ2n) is 9.46. The van der Waals surface area contributed by atoms with Crippen LogP contribution in [0.25, 0.3) is 11.2 Å². The van der Waals surface area contributed by atoms with Crippen LogP contribution in [0.4, 0.5) is 14.6 Å². The summed E-state index contributed by atoms with van der Waals surface area (Å²) in [6, 6.07) is 10.8. The molecule has 1 fully saturated rings. The van der Waals surface area contributed by atoms with Gasteiger partial charge < -0.3 is 10.2 Å². The standard InChI is InChI=1S/C27H26BrF2N7O3S/c1-2-27(29,30)19-5-3-18(4-6-19)13-33-26(38)23-16-36(24-15-32-22-14-31-17-34-25(22)35-24)11-12-37(23)41(39,40)21-9-7-20(28)8-10-21/h3-10,14-15,17,23H,2,11-13,16H2,1H3,(H,33,38)/t23-/m1/s1. The van der Waals surface area contributed by atoms with Gasteiger partial charge in [0.15, 0.2) is 5.65 Å². The number of sulfonamides is 1. The Labute approximate surface area is 244 Å². The van der Waals surface area contributed by atoms with Crippen LogP contribution >= 0.6 is 15.9 Å². The highest BCUT2D eigenvalue weighted by atomic mass is 79.9. The van der Waals surface area contributed by atoms with Crippen molar-refractivity contribution in [2.75, 3.05) is 24.5 Å². The van der Waals surface area contributed by atoms with E-state index in [4.69, 9.17) is 0 Å². The van der Waals surface area contributed by atoms with E-state index in [0.717, 1.165) is 4.47 Å². The molecule has 1 saturated heterocycles. The Bertz CT molecular complexity index is 1660. The molecular weight excluding hydrogens is 620 g/mol. The van der Waals surface area contributed by atoms with Gasteiger partial charge in [0, 0.05) is 42.6 Å². The number of aromatic nitrogens is 4. The third-order valence-corrected chi connectivity index (χ3v) is 9.33. The van der Waals surface area contributed by atoms with E-state index in [0.29, 0.717) is 22.5 Å². The van der Waals surface area contributed by atoms with Crippen molar-refractivity contribution in [3.05, 3.63) is 82.9 Å². The Kier molecular flexibility index (Phi) is 8.25. The molecule has 0 unspecified atom stereocenters. The summed E-state index contributed by atoms with van der Waals surface area (Å²) in [6.07, 6.45) is 4.11. The smallest absolute Gasteiger partial charge is 0.273 e. The molecule has 0 aliphatic carbocycles. The number of carbonyl (C=O) groups is 1. The zero-order valence-electron chi connectivity index (χ0n) is 21.9. The number of carbonyl (C=O) groups excluding carboxylic acids is 1. The number of nitrogens with one attached hydrogen (secondary N) is 1. The van der Waals surface area contributed by atoms with Crippen molar-refractivity contribution in [3.8, 4) is 0 Å². The predicted octanol–water partition coefficient (Wildman–Crippen LogP) is 3.88. The van der Waals surface area contributed by atoms with E-state index < -0.39 is 27.9 Å². The highest BCUT2D eigenvalue weighted by Crippen LogP contribution is 2.31. The molecule has 2 aromatic carbocycles. The van der Waals surface area contributed by atoms with Crippen molar-refractivity contribution < 1.29 is 22.0 Å². The van der Waals surface area contributed by atoms with E-state index in [1.165, 1.54) is 66.3 Å². The fraction of sp³-hybridized carbons (Fsp3) is 0.296. The molecule has 0 radical (unpaired) electrons. The number of benzene rings is 2. The molecule has 1 amide bonds. The van der Waals surface area contributed by atoms with Crippen molar-refractivity contribution in [1.29, 1.82) is 0 Å². The van der Waals surface area contributed by atoms with Crippen LogP contribution in [0.2, 0.25) is 0 Å². The van der Waals surface area contributed by atoms with Crippen molar-refractivity contribution in [3.63, 3.8) is 0 Å². The fourth-order valence-electron chi connectivity index (χ4n) is 4.51. The molecule has 214 valence electrons. The number of hydrogen-bond donors (Lipinski definition) is 1. The highest BCUT2D eigenvalue weighted by molar-refractivity contribution is 9.10. The third kappa shape index (κ3) is 6.19. The number of anilines is 1. The highest BCUT2D eigenvalue weighted by Gasteiger charge is 2.40. The van der Waals surface area contributed by atoms with E-state index in [2.05, 4.69) is 41.2 Å². The SMILES string of the molecule is CCC(F)(F)c1ccc(CNC(=O)[C@H]2CN(c3cnc4cncnc4n3)CCN2S(=O)(=O)c2ccc(Br)cc2)cc1. The van der Waals surface area contributed by atoms with Crippen LogP contribution in [-0.4, -0.2) is 64.2 Å². The molecule has 0 spiro atoms. The molecule has 3 heterocycles. The van der Waals surface area contributed by atoms with Crippen LogP contribution in [0.3, 0.4) is 0 Å². The summed E-state index contributed by atoms with van der Waals surface area (Å²) in [6.45, 7) is 1.73. The number of alkyl halides is 2. The zero-order valence-corrected chi connectivity index (χ0v) is 24.3. The Morgan fingerprint density at radius 1 is 1.07 bits per heavy atom. The topological polar surface area (TPSA) is 121 Å². The molecule has 1 aliphatic heterocycles. The van der Waals surface area contributed by atoms with Gasteiger partial charge in [0.2, 0.25) is 15.9 Å². The monoisotopic (exact) mass is 645 g/mol. The van der Waals surface area contributed by atoms with Crippen molar-refractivity contribution in [2.45, 2.75) is 36.7 Å². The minimum absolute atomic E-state index is 0.00845. The maximum Gasteiger partial charge on any atom is 0.273 e. The molecule has 14 heteroatoms. The third-order valence-electron chi connectivity index (χ3n) is 6.88. The lowest BCUT2D eigenvalue weighted by molar-refractivity contribution is -0.125. The molecule has 5 rings (SSSR count). The summed E-state index contributed by atoms with van der Waals surface area (Å²) in [5, 5.41) is 2.78. The number of halogens is 3. The van der Waals surface area contributed by atoms with Gasteiger partial charge in [0.1, 0.15) is 23.7 Å². The lowest BCUT2D eigenvalue weighted by Crippen LogP contribution is -2.60. The lowest BCUT2D eigenvalue weighted by atomic mass is 10.0. The van der Waals surface area contributed by atoms with Crippen molar-refractivity contribution in [1.82, 2.24) is 29.6 Å². The summed E-state index contributed by atoms with van der Waals surface area (Å²) in [7, 11) is -4.04. The number of hydrogen-bond acceptors (Lipinski definition) is 8. The minimum Gasteiger partial charge on any atom is -0.352 e. The van der Waals surface area contributed by atoms with Crippen molar-refractivity contribution >= 4 is 48.8 Å². The van der Waals surface area contributed by atoms with Gasteiger partial charge >= 0.3 is 0 Å². The summed E-state index contributed by atoms with van der Waals surface area (Å²) in [4.78, 5) is 32.3. The Morgan fingerprint density at radius 3 is 2.51 bits per heavy atom. The van der Waals surface area contributed by atoms with E-state index >= 15 is 0 Å². The molecule has 0 saturated carbocycles. The average molecular weight is 647 g/mol. The second-order valence-corrected chi connectivity index (χ2v) is 12.3. The molecule has 1 atom stereocenters. The van der Waals surface area contributed by atoms with Crippen LogP contribution in [0.15, 0.2) is 76.6 Å². The van der Waals surface area contributed by atoms with Crippen LogP contribution in [0.1, 0.15) is 24.5 Å². The number of fused-ring (bicyclic) bond motifs is 1. The first kappa shape index (κ1) is 28.9. The maximum absolute atomic E-state index is 14.0. The molecule has 2 aromatic heterocycles. The van der Waals surface area contributed by atoms with Gasteiger partial charge in [-0.05, 0) is 29.8 Å². The number of amides is 1. The largest absolute Gasteiger partial charge is 0.352 e. The molecule has 41 heavy (non-hydrogen) atoms. The van der Waals surface area contributed by atoms with Crippen molar-refractivity contribution in [2.24, 2.45) is 0 Å². The van der Waals surface area contributed by atoms with E-state index in [1.807, 2.05) is 0 Å². The molecule has 1 N–H and O–H groups in total. The maximum atomic E-state index is 14.0. The van der Waals surface area contributed by atoms with Gasteiger partial charge in [0.05, 0.1) is 17.3 Å². The van der Waals surface area contributed by atoms with E-state index in [9.17, 15) is 22.0 Å². The summed E-state index contributed by atoms with van der Waals surface area (Å²) >= 11 is 3.31. The molecule has 4 aromatic rings. The van der Waals surface area contributed by atoms with Gasteiger partial charge in [-0.15, -0.1) is 0 Å². The average Bonchev–Trinajstić information content (AvgIpc) is 2.99. The van der Waals surface area contributed by atoms with Crippen LogP contribution in [0.5, 0.6) is 0 Å². The zero-order chi connectivity index (χ0) is 29.2. The van der Waals surface area contributed by atoms with Crippen LogP contribution in [0, 0.1) is 0 Å². The van der Waals surface area contributed by atoms with Gasteiger partial charge in [0.25, 0.3) is 5.92 Å². The Hall–Kier alpha value is -3.62. The van der Waals surface area contributed by atoms with Gasteiger partial charge in [-0.2, -0.15) is 4.31 Å². The van der Waals surface area contributed by atoms with Crippen LogP contribution in [-0.2, 0) is 27.3 Å². The minimum atomic E-state index is -4.04.